The van der Waals surface area contributed by atoms with E-state index >= 15 is 0 Å². The number of hydrogen-bond acceptors (Lipinski definition) is 6. The number of hydrogen-bond donors (Lipinski definition) is 2. The summed E-state index contributed by atoms with van der Waals surface area (Å²) in [5, 5.41) is 6.34. The Balaban J connectivity index is 2.20. The van der Waals surface area contributed by atoms with Crippen molar-refractivity contribution in [1.29, 1.82) is 0 Å². The Labute approximate surface area is 155 Å². The molecule has 2 N–H and O–H groups in total. The molecule has 8 nitrogen and oxygen atoms in total. The zero-order valence-corrected chi connectivity index (χ0v) is 15.6. The van der Waals surface area contributed by atoms with Crippen molar-refractivity contribution in [3.05, 3.63) is 34.6 Å². The van der Waals surface area contributed by atoms with Gasteiger partial charge in [-0.1, -0.05) is 23.9 Å². The van der Waals surface area contributed by atoms with Crippen LogP contribution in [0.1, 0.15) is 6.92 Å². The van der Waals surface area contributed by atoms with Crippen LogP contribution in [0.4, 0.5) is 0 Å². The van der Waals surface area contributed by atoms with E-state index in [4.69, 9.17) is 4.74 Å². The molecule has 1 heterocycles. The lowest BCUT2D eigenvalue weighted by atomic mass is 10.2. The first-order chi connectivity index (χ1) is 12.5. The minimum absolute atomic E-state index is 0.134. The molecule has 2 aromatic rings. The second kappa shape index (κ2) is 9.93. The molecule has 26 heavy (non-hydrogen) atoms. The van der Waals surface area contributed by atoms with E-state index in [1.807, 2.05) is 6.07 Å². The molecule has 0 aliphatic heterocycles. The number of thioether (sulfide) groups is 1. The van der Waals surface area contributed by atoms with E-state index in [1.54, 1.807) is 25.3 Å². The molecule has 0 unspecified atom stereocenters. The highest BCUT2D eigenvalue weighted by atomic mass is 32.2. The van der Waals surface area contributed by atoms with Crippen molar-refractivity contribution in [3.63, 3.8) is 0 Å². The van der Waals surface area contributed by atoms with E-state index in [2.05, 4.69) is 15.6 Å². The lowest BCUT2D eigenvalue weighted by Gasteiger charge is -2.13. The highest BCUT2D eigenvalue weighted by molar-refractivity contribution is 7.99. The van der Waals surface area contributed by atoms with Gasteiger partial charge in [0.15, 0.2) is 5.16 Å². The third-order valence-electron chi connectivity index (χ3n) is 3.50. The standard InChI is InChI=1S/C17H22N4O4S/c1-12(22)18-7-9-21-16(24)13-5-3-4-6-14(13)20-17(21)26-11-15(23)19-8-10-25-2/h3-6H,7-11H2,1-2H3,(H,18,22)(H,19,23). The molecule has 0 bridgehead atoms. The maximum atomic E-state index is 12.8. The lowest BCUT2D eigenvalue weighted by molar-refractivity contribution is -0.119. The summed E-state index contributed by atoms with van der Waals surface area (Å²) in [7, 11) is 1.56. The monoisotopic (exact) mass is 378 g/mol. The van der Waals surface area contributed by atoms with Crippen LogP contribution < -0.4 is 16.2 Å². The van der Waals surface area contributed by atoms with E-state index in [-0.39, 0.29) is 29.7 Å². The first kappa shape index (κ1) is 19.9. The molecular formula is C17H22N4O4S. The predicted molar refractivity (Wildman–Crippen MR) is 100 cm³/mol. The quantitative estimate of drug-likeness (QED) is 0.372. The Morgan fingerprint density at radius 3 is 2.73 bits per heavy atom. The number of nitrogens with one attached hydrogen (secondary N) is 2. The fraction of sp³-hybridized carbons (Fsp3) is 0.412. The number of nitrogens with zero attached hydrogens (tertiary/aromatic N) is 2. The van der Waals surface area contributed by atoms with Crippen LogP contribution in [0, 0.1) is 0 Å². The Bertz CT molecular complexity index is 837. The Morgan fingerprint density at radius 2 is 2.00 bits per heavy atom. The molecule has 0 aliphatic carbocycles. The average molecular weight is 378 g/mol. The van der Waals surface area contributed by atoms with E-state index in [1.165, 1.54) is 23.3 Å². The van der Waals surface area contributed by atoms with Gasteiger partial charge in [0, 0.05) is 33.7 Å². The second-order valence-electron chi connectivity index (χ2n) is 5.48. The lowest BCUT2D eigenvalue weighted by Crippen LogP contribution is -2.32. The molecule has 9 heteroatoms. The van der Waals surface area contributed by atoms with Crippen LogP contribution in [0.3, 0.4) is 0 Å². The van der Waals surface area contributed by atoms with Crippen molar-refractivity contribution in [2.24, 2.45) is 0 Å². The van der Waals surface area contributed by atoms with Gasteiger partial charge < -0.3 is 15.4 Å². The maximum absolute atomic E-state index is 12.8. The van der Waals surface area contributed by atoms with Gasteiger partial charge in [-0.05, 0) is 12.1 Å². The number of ether oxygens (including phenoxy) is 1. The van der Waals surface area contributed by atoms with Crippen molar-refractivity contribution in [1.82, 2.24) is 20.2 Å². The third kappa shape index (κ3) is 5.57. The number of carbonyl (C=O) groups is 2. The fourth-order valence-corrected chi connectivity index (χ4v) is 3.13. The van der Waals surface area contributed by atoms with Crippen LogP contribution in [0.2, 0.25) is 0 Å². The number of methoxy groups -OCH3 is 1. The highest BCUT2D eigenvalue weighted by Gasteiger charge is 2.13. The van der Waals surface area contributed by atoms with E-state index < -0.39 is 0 Å². The van der Waals surface area contributed by atoms with Gasteiger partial charge in [-0.2, -0.15) is 0 Å². The summed E-state index contributed by atoms with van der Waals surface area (Å²) < 4.78 is 6.38. The van der Waals surface area contributed by atoms with Crippen LogP contribution in [0.25, 0.3) is 10.9 Å². The maximum Gasteiger partial charge on any atom is 0.262 e. The van der Waals surface area contributed by atoms with Gasteiger partial charge in [0.05, 0.1) is 23.3 Å². The number of para-hydroxylation sites is 1. The third-order valence-corrected chi connectivity index (χ3v) is 4.47. The molecule has 2 rings (SSSR count). The van der Waals surface area contributed by atoms with Crippen molar-refractivity contribution >= 4 is 34.5 Å². The Hall–Kier alpha value is -2.39. The molecule has 140 valence electrons. The number of benzene rings is 1. The number of rotatable bonds is 9. The van der Waals surface area contributed by atoms with Crippen LogP contribution in [-0.4, -0.2) is 53.9 Å². The summed E-state index contributed by atoms with van der Waals surface area (Å²) >= 11 is 1.19. The summed E-state index contributed by atoms with van der Waals surface area (Å²) in [6.07, 6.45) is 0. The van der Waals surface area contributed by atoms with Crippen molar-refractivity contribution in [2.75, 3.05) is 32.6 Å². The Kier molecular flexibility index (Phi) is 7.61. The molecule has 2 amide bonds. The predicted octanol–water partition coefficient (Wildman–Crippen LogP) is 0.387. The van der Waals surface area contributed by atoms with Crippen molar-refractivity contribution in [3.8, 4) is 0 Å². The van der Waals surface area contributed by atoms with Crippen LogP contribution in [0.5, 0.6) is 0 Å². The van der Waals surface area contributed by atoms with E-state index in [0.717, 1.165) is 0 Å². The minimum atomic E-state index is -0.191. The minimum Gasteiger partial charge on any atom is -0.383 e. The zero-order chi connectivity index (χ0) is 18.9. The topological polar surface area (TPSA) is 102 Å². The van der Waals surface area contributed by atoms with Gasteiger partial charge in [-0.3, -0.25) is 19.0 Å². The first-order valence-electron chi connectivity index (χ1n) is 8.15. The van der Waals surface area contributed by atoms with Gasteiger partial charge in [-0.25, -0.2) is 4.98 Å². The summed E-state index contributed by atoms with van der Waals surface area (Å²) in [6, 6.07) is 7.06. The zero-order valence-electron chi connectivity index (χ0n) is 14.8. The SMILES string of the molecule is COCCNC(=O)CSc1nc2ccccc2c(=O)n1CCNC(C)=O. The van der Waals surface area contributed by atoms with Crippen LogP contribution in [-0.2, 0) is 20.9 Å². The highest BCUT2D eigenvalue weighted by Crippen LogP contribution is 2.17. The molecular weight excluding hydrogens is 356 g/mol. The van der Waals surface area contributed by atoms with Crippen molar-refractivity contribution in [2.45, 2.75) is 18.6 Å². The van der Waals surface area contributed by atoms with Crippen molar-refractivity contribution < 1.29 is 14.3 Å². The molecule has 0 radical (unpaired) electrons. The normalized spacial score (nSPS) is 10.7. The summed E-state index contributed by atoms with van der Waals surface area (Å²) in [5.41, 5.74) is 0.388. The number of aromatic nitrogens is 2. The number of amides is 2. The molecule has 0 spiro atoms. The smallest absolute Gasteiger partial charge is 0.262 e. The molecule has 1 aromatic heterocycles. The van der Waals surface area contributed by atoms with Crippen LogP contribution >= 0.6 is 11.8 Å². The van der Waals surface area contributed by atoms with E-state index in [0.29, 0.717) is 35.8 Å². The molecule has 0 atom stereocenters. The number of carbonyl (C=O) groups excluding carboxylic acids is 2. The molecule has 0 saturated carbocycles. The molecule has 0 aliphatic rings. The van der Waals surface area contributed by atoms with Gasteiger partial charge >= 0.3 is 0 Å². The molecule has 0 saturated heterocycles. The van der Waals surface area contributed by atoms with Gasteiger partial charge in [0.25, 0.3) is 5.56 Å². The largest absolute Gasteiger partial charge is 0.383 e. The van der Waals surface area contributed by atoms with Crippen LogP contribution in [0.15, 0.2) is 34.2 Å². The molecule has 0 fully saturated rings. The van der Waals surface area contributed by atoms with Gasteiger partial charge in [-0.15, -0.1) is 0 Å². The van der Waals surface area contributed by atoms with Gasteiger partial charge in [0.2, 0.25) is 11.8 Å². The Morgan fingerprint density at radius 1 is 1.23 bits per heavy atom. The molecule has 1 aromatic carbocycles. The average Bonchev–Trinajstić information content (AvgIpc) is 2.62. The summed E-state index contributed by atoms with van der Waals surface area (Å²) in [6.45, 7) is 2.87. The fourth-order valence-electron chi connectivity index (χ4n) is 2.27. The first-order valence-corrected chi connectivity index (χ1v) is 9.14. The summed E-state index contributed by atoms with van der Waals surface area (Å²) in [5.74, 6) is -0.198. The second-order valence-corrected chi connectivity index (χ2v) is 6.43. The van der Waals surface area contributed by atoms with E-state index in [9.17, 15) is 14.4 Å². The summed E-state index contributed by atoms with van der Waals surface area (Å²) in [4.78, 5) is 40.2. The number of fused-ring (bicyclic) bond motifs is 1. The van der Waals surface area contributed by atoms with Gasteiger partial charge in [0.1, 0.15) is 0 Å².